The highest BCUT2D eigenvalue weighted by Crippen LogP contribution is 2.60. The SMILES string of the molecule is CCC(C)C1OC1(C)C1(O)C(C)=CC2CC(CO)=CCC2C1C=CC=CC=CC(=O)O. The van der Waals surface area contributed by atoms with Gasteiger partial charge in [0.2, 0.25) is 0 Å². The zero-order valence-electron chi connectivity index (χ0n) is 19.0. The van der Waals surface area contributed by atoms with Crippen molar-refractivity contribution in [1.82, 2.24) is 0 Å². The van der Waals surface area contributed by atoms with Crippen LogP contribution < -0.4 is 0 Å². The Morgan fingerprint density at radius 3 is 2.68 bits per heavy atom. The zero-order valence-corrected chi connectivity index (χ0v) is 19.0. The molecule has 5 nitrogen and oxygen atoms in total. The van der Waals surface area contributed by atoms with E-state index in [-0.39, 0.29) is 30.5 Å². The number of hydrogen-bond acceptors (Lipinski definition) is 4. The standard InChI is InChI=1S/C26H36O5/c1-5-17(2)24-25(4,31-24)26(30)18(3)14-20-15-19(16-27)12-13-21(20)22(26)10-8-6-7-9-11-23(28)29/h6-12,14,17,20-22,24,27,30H,5,13,15-16H2,1-4H3,(H,28,29). The van der Waals surface area contributed by atoms with Crippen LogP contribution in [0.15, 0.2) is 59.8 Å². The molecule has 0 aromatic carbocycles. The molecule has 0 spiro atoms. The average Bonchev–Trinajstić information content (AvgIpc) is 3.45. The van der Waals surface area contributed by atoms with Crippen molar-refractivity contribution in [2.45, 2.75) is 64.3 Å². The number of hydrogen-bond donors (Lipinski definition) is 3. The number of ether oxygens (including phenoxy) is 1. The lowest BCUT2D eigenvalue weighted by Crippen LogP contribution is -2.57. The number of aliphatic hydroxyl groups excluding tert-OH is 1. The van der Waals surface area contributed by atoms with Crippen LogP contribution in [0.25, 0.3) is 0 Å². The highest BCUT2D eigenvalue weighted by atomic mass is 16.6. The number of rotatable bonds is 8. The second-order valence-corrected chi connectivity index (χ2v) is 9.43. The lowest BCUT2D eigenvalue weighted by atomic mass is 9.56. The van der Waals surface area contributed by atoms with E-state index in [9.17, 15) is 15.0 Å². The first kappa shape index (κ1) is 23.7. The topological polar surface area (TPSA) is 90.3 Å². The summed E-state index contributed by atoms with van der Waals surface area (Å²) < 4.78 is 6.22. The summed E-state index contributed by atoms with van der Waals surface area (Å²) in [5, 5.41) is 30.5. The van der Waals surface area contributed by atoms with Crippen LogP contribution in [-0.2, 0) is 9.53 Å². The Morgan fingerprint density at radius 2 is 2.03 bits per heavy atom. The Balaban J connectivity index is 1.95. The van der Waals surface area contributed by atoms with Crippen LogP contribution in [-0.4, -0.2) is 45.2 Å². The molecule has 1 heterocycles. The second-order valence-electron chi connectivity index (χ2n) is 9.43. The van der Waals surface area contributed by atoms with Crippen LogP contribution in [0.4, 0.5) is 0 Å². The normalized spacial score (nSPS) is 38.9. The number of aliphatic carboxylic acids is 1. The van der Waals surface area contributed by atoms with Gasteiger partial charge in [0.1, 0.15) is 11.2 Å². The van der Waals surface area contributed by atoms with Gasteiger partial charge in [-0.1, -0.05) is 62.8 Å². The monoisotopic (exact) mass is 428 g/mol. The molecule has 7 unspecified atom stereocenters. The third kappa shape index (κ3) is 4.36. The fraction of sp³-hybridized carbons (Fsp3) is 0.577. The Hall–Kier alpha value is -1.95. The van der Waals surface area contributed by atoms with Gasteiger partial charge in [0.05, 0.1) is 12.7 Å². The van der Waals surface area contributed by atoms with Crippen molar-refractivity contribution in [2.24, 2.45) is 23.7 Å². The summed E-state index contributed by atoms with van der Waals surface area (Å²) in [7, 11) is 0. The van der Waals surface area contributed by atoms with Gasteiger partial charge in [-0.15, -0.1) is 0 Å². The highest BCUT2D eigenvalue weighted by molar-refractivity contribution is 5.80. The Labute approximate surface area is 185 Å². The lowest BCUT2D eigenvalue weighted by molar-refractivity contribution is -0.131. The zero-order chi connectivity index (χ0) is 22.8. The highest BCUT2D eigenvalue weighted by Gasteiger charge is 2.70. The maximum atomic E-state index is 12.2. The van der Waals surface area contributed by atoms with E-state index >= 15 is 0 Å². The van der Waals surface area contributed by atoms with Gasteiger partial charge in [-0.25, -0.2) is 4.79 Å². The van der Waals surface area contributed by atoms with Crippen molar-refractivity contribution in [3.63, 3.8) is 0 Å². The molecule has 2 aliphatic carbocycles. The Bertz CT molecular complexity index is 835. The number of epoxide rings is 1. The predicted octanol–water partition coefficient (Wildman–Crippen LogP) is 4.20. The molecule has 0 bridgehead atoms. The molecule has 0 saturated carbocycles. The number of aliphatic hydroxyl groups is 2. The van der Waals surface area contributed by atoms with Crippen LogP contribution in [0.5, 0.6) is 0 Å². The van der Waals surface area contributed by atoms with Gasteiger partial charge in [-0.2, -0.15) is 0 Å². The minimum absolute atomic E-state index is 0.0134. The minimum atomic E-state index is -1.12. The van der Waals surface area contributed by atoms with E-state index in [1.165, 1.54) is 6.08 Å². The first-order chi connectivity index (χ1) is 14.7. The van der Waals surface area contributed by atoms with Crippen LogP contribution in [0.1, 0.15) is 47.0 Å². The molecule has 3 N–H and O–H groups in total. The van der Waals surface area contributed by atoms with Crippen LogP contribution in [0, 0.1) is 23.7 Å². The maximum absolute atomic E-state index is 12.2. The molecule has 0 radical (unpaired) electrons. The van der Waals surface area contributed by atoms with Crippen molar-refractivity contribution >= 4 is 5.97 Å². The summed E-state index contributed by atoms with van der Waals surface area (Å²) in [6.07, 6.45) is 16.9. The fourth-order valence-electron chi connectivity index (χ4n) is 5.62. The Morgan fingerprint density at radius 1 is 1.32 bits per heavy atom. The molecular formula is C26H36O5. The number of fused-ring (bicyclic) bond motifs is 1. The number of carboxylic acid groups (broad SMARTS) is 1. The van der Waals surface area contributed by atoms with Gasteiger partial charge in [-0.05, 0) is 55.6 Å². The van der Waals surface area contributed by atoms with Crippen molar-refractivity contribution in [3.8, 4) is 0 Å². The first-order valence-electron chi connectivity index (χ1n) is 11.3. The molecule has 31 heavy (non-hydrogen) atoms. The van der Waals surface area contributed by atoms with Gasteiger partial charge in [0, 0.05) is 12.0 Å². The van der Waals surface area contributed by atoms with Gasteiger partial charge >= 0.3 is 5.97 Å². The molecule has 0 aromatic heterocycles. The summed E-state index contributed by atoms with van der Waals surface area (Å²) in [5.74, 6) is -0.296. The van der Waals surface area contributed by atoms with Gasteiger partial charge < -0.3 is 20.1 Å². The van der Waals surface area contributed by atoms with Crippen LogP contribution >= 0.6 is 0 Å². The van der Waals surface area contributed by atoms with E-state index < -0.39 is 17.2 Å². The fourth-order valence-corrected chi connectivity index (χ4v) is 5.62. The maximum Gasteiger partial charge on any atom is 0.328 e. The molecular weight excluding hydrogens is 392 g/mol. The van der Waals surface area contributed by atoms with Gasteiger partial charge in [0.15, 0.2) is 0 Å². The smallest absolute Gasteiger partial charge is 0.328 e. The van der Waals surface area contributed by atoms with Crippen molar-refractivity contribution in [3.05, 3.63) is 59.8 Å². The lowest BCUT2D eigenvalue weighted by Gasteiger charge is -2.50. The molecule has 1 aliphatic heterocycles. The summed E-state index contributed by atoms with van der Waals surface area (Å²) in [6, 6.07) is 0. The molecule has 0 amide bonds. The molecule has 3 aliphatic rings. The van der Waals surface area contributed by atoms with Crippen molar-refractivity contribution in [2.75, 3.05) is 6.61 Å². The van der Waals surface area contributed by atoms with E-state index in [1.807, 2.05) is 19.9 Å². The van der Waals surface area contributed by atoms with E-state index in [1.54, 1.807) is 12.2 Å². The molecule has 170 valence electrons. The summed E-state index contributed by atoms with van der Waals surface area (Å²) in [6.45, 7) is 8.43. The summed E-state index contributed by atoms with van der Waals surface area (Å²) >= 11 is 0. The Kier molecular flexibility index (Phi) is 7.09. The third-order valence-electron chi connectivity index (χ3n) is 7.60. The van der Waals surface area contributed by atoms with Gasteiger partial charge in [0.25, 0.3) is 0 Å². The van der Waals surface area contributed by atoms with E-state index in [2.05, 4.69) is 32.1 Å². The van der Waals surface area contributed by atoms with Crippen LogP contribution in [0.3, 0.4) is 0 Å². The minimum Gasteiger partial charge on any atom is -0.478 e. The molecule has 7 atom stereocenters. The summed E-state index contributed by atoms with van der Waals surface area (Å²) in [5.41, 5.74) is 0.236. The predicted molar refractivity (Wildman–Crippen MR) is 121 cm³/mol. The molecule has 5 heteroatoms. The van der Waals surface area contributed by atoms with Crippen LogP contribution in [0.2, 0.25) is 0 Å². The van der Waals surface area contributed by atoms with Gasteiger partial charge in [-0.3, -0.25) is 0 Å². The van der Waals surface area contributed by atoms with Crippen molar-refractivity contribution in [1.29, 1.82) is 0 Å². The molecule has 0 aromatic rings. The number of carbonyl (C=O) groups is 1. The number of carboxylic acids is 1. The van der Waals surface area contributed by atoms with E-state index in [0.29, 0.717) is 5.92 Å². The third-order valence-corrected chi connectivity index (χ3v) is 7.60. The summed E-state index contributed by atoms with van der Waals surface area (Å²) in [4.78, 5) is 10.6. The average molecular weight is 429 g/mol. The second kappa shape index (κ2) is 9.27. The van der Waals surface area contributed by atoms with E-state index in [0.717, 1.165) is 36.5 Å². The molecule has 1 saturated heterocycles. The molecule has 3 rings (SSSR count). The van der Waals surface area contributed by atoms with E-state index in [4.69, 9.17) is 9.84 Å². The quantitative estimate of drug-likeness (QED) is 0.233. The largest absolute Gasteiger partial charge is 0.478 e. The molecule has 1 fully saturated rings. The van der Waals surface area contributed by atoms with Crippen molar-refractivity contribution < 1.29 is 24.9 Å². The first-order valence-corrected chi connectivity index (χ1v) is 11.3. The number of allylic oxidation sites excluding steroid dienone is 6.